The third-order valence-electron chi connectivity index (χ3n) is 4.11. The van der Waals surface area contributed by atoms with Crippen LogP contribution in [0.3, 0.4) is 0 Å². The van der Waals surface area contributed by atoms with Crippen LogP contribution in [-0.2, 0) is 35.4 Å². The number of hydrazone groups is 1. The van der Waals surface area contributed by atoms with Gasteiger partial charge in [0, 0.05) is 25.1 Å². The van der Waals surface area contributed by atoms with Crippen LogP contribution in [0.25, 0.3) is 5.82 Å². The topological polar surface area (TPSA) is 126 Å². The molecule has 1 aliphatic rings. The highest BCUT2D eigenvalue weighted by Gasteiger charge is 2.43. The van der Waals surface area contributed by atoms with E-state index < -0.39 is 23.4 Å². The number of carbonyl (C=O) groups is 2. The molecular formula is C19H23N5O6. The predicted octanol–water partition coefficient (Wildman–Crippen LogP) is 2.12. The summed E-state index contributed by atoms with van der Waals surface area (Å²) in [7, 11) is 0. The smallest absolute Gasteiger partial charge is 0.369 e. The zero-order chi connectivity index (χ0) is 21.6. The second-order valence-electron chi connectivity index (χ2n) is 6.52. The Morgan fingerprint density at radius 3 is 2.60 bits per heavy atom. The van der Waals surface area contributed by atoms with Crippen LogP contribution in [0.2, 0.25) is 0 Å². The molecule has 0 saturated carbocycles. The van der Waals surface area contributed by atoms with Gasteiger partial charge < -0.3 is 9.47 Å². The molecular weight excluding hydrogens is 394 g/mol. The quantitative estimate of drug-likeness (QED) is 0.282. The summed E-state index contributed by atoms with van der Waals surface area (Å²) < 4.78 is 12.0. The molecule has 11 heteroatoms. The lowest BCUT2D eigenvalue weighted by Gasteiger charge is -2.32. The molecule has 0 aromatic carbocycles. The molecule has 0 spiro atoms. The van der Waals surface area contributed by atoms with Gasteiger partial charge in [-0.05, 0) is 25.5 Å². The van der Waals surface area contributed by atoms with Gasteiger partial charge in [0.2, 0.25) is 0 Å². The van der Waals surface area contributed by atoms with Crippen LogP contribution in [0, 0.1) is 0 Å². The molecule has 3 rings (SSSR count). The first kappa shape index (κ1) is 21.4. The van der Waals surface area contributed by atoms with E-state index >= 15 is 0 Å². The Balaban J connectivity index is 1.87. The highest BCUT2D eigenvalue weighted by Crippen LogP contribution is 2.25. The summed E-state index contributed by atoms with van der Waals surface area (Å²) in [5.74, 6) is -2.21. The molecule has 1 fully saturated rings. The van der Waals surface area contributed by atoms with E-state index in [1.54, 1.807) is 31.3 Å². The minimum Gasteiger partial charge on any atom is -0.418 e. The molecule has 2 aromatic heterocycles. The Morgan fingerprint density at radius 1 is 1.20 bits per heavy atom. The molecule has 1 saturated heterocycles. The lowest BCUT2D eigenvalue weighted by atomic mass is 10.1. The average Bonchev–Trinajstić information content (AvgIpc) is 3.11. The standard InChI is InChI=1S/C19H23N5O6/c1-4-9-19(3)29-17(25)15(18(26)30-19)22-23-16-13(12-28-27-5-2)11-21-24(16)14-8-6-7-10-20-14/h6-8,10-11,23H,4-5,9,12H2,1-3H3. The van der Waals surface area contributed by atoms with Crippen molar-refractivity contribution in [2.45, 2.75) is 46.0 Å². The predicted molar refractivity (Wildman–Crippen MR) is 104 cm³/mol. The maximum absolute atomic E-state index is 12.3. The Labute approximate surface area is 172 Å². The molecule has 2 aromatic rings. The third kappa shape index (κ3) is 4.81. The first-order chi connectivity index (χ1) is 14.5. The zero-order valence-electron chi connectivity index (χ0n) is 17.0. The third-order valence-corrected chi connectivity index (χ3v) is 4.11. The summed E-state index contributed by atoms with van der Waals surface area (Å²) in [4.78, 5) is 38.9. The largest absolute Gasteiger partial charge is 0.418 e. The van der Waals surface area contributed by atoms with Crippen molar-refractivity contribution in [3.63, 3.8) is 0 Å². The second-order valence-corrected chi connectivity index (χ2v) is 6.52. The summed E-state index contributed by atoms with van der Waals surface area (Å²) in [5, 5.41) is 8.19. The molecule has 0 bridgehead atoms. The van der Waals surface area contributed by atoms with Crippen molar-refractivity contribution in [2.24, 2.45) is 5.10 Å². The number of hydrogen-bond acceptors (Lipinski definition) is 10. The van der Waals surface area contributed by atoms with E-state index in [1.165, 1.54) is 17.8 Å². The van der Waals surface area contributed by atoms with Gasteiger partial charge in [0.05, 0.1) is 12.8 Å². The van der Waals surface area contributed by atoms with Gasteiger partial charge >= 0.3 is 11.9 Å². The van der Waals surface area contributed by atoms with Crippen LogP contribution in [0.4, 0.5) is 5.82 Å². The fourth-order valence-electron chi connectivity index (χ4n) is 2.80. The van der Waals surface area contributed by atoms with E-state index in [-0.39, 0.29) is 6.61 Å². The maximum Gasteiger partial charge on any atom is 0.369 e. The van der Waals surface area contributed by atoms with Gasteiger partial charge in [-0.25, -0.2) is 24.3 Å². The van der Waals surface area contributed by atoms with Crippen molar-refractivity contribution in [3.8, 4) is 5.82 Å². The van der Waals surface area contributed by atoms with Crippen molar-refractivity contribution in [2.75, 3.05) is 12.0 Å². The van der Waals surface area contributed by atoms with Crippen LogP contribution in [0.15, 0.2) is 35.7 Å². The fraction of sp³-hybridized carbons (Fsp3) is 0.421. The number of esters is 2. The van der Waals surface area contributed by atoms with Gasteiger partial charge in [-0.1, -0.05) is 13.0 Å². The van der Waals surface area contributed by atoms with E-state index in [0.717, 1.165) is 0 Å². The number of aromatic nitrogens is 3. The van der Waals surface area contributed by atoms with Crippen molar-refractivity contribution in [1.82, 2.24) is 14.8 Å². The molecule has 0 amide bonds. The first-order valence-electron chi connectivity index (χ1n) is 9.50. The fourth-order valence-corrected chi connectivity index (χ4v) is 2.80. The Kier molecular flexibility index (Phi) is 6.75. The second kappa shape index (κ2) is 9.46. The minimum absolute atomic E-state index is 0.0529. The van der Waals surface area contributed by atoms with Gasteiger partial charge in [0.15, 0.2) is 11.6 Å². The minimum atomic E-state index is -1.30. The summed E-state index contributed by atoms with van der Waals surface area (Å²) >= 11 is 0. The number of nitrogens with zero attached hydrogens (tertiary/aromatic N) is 4. The number of pyridine rings is 1. The Morgan fingerprint density at radius 2 is 1.97 bits per heavy atom. The number of rotatable bonds is 9. The highest BCUT2D eigenvalue weighted by atomic mass is 17.2. The van der Waals surface area contributed by atoms with Crippen LogP contribution in [0.1, 0.15) is 39.2 Å². The van der Waals surface area contributed by atoms with E-state index in [4.69, 9.17) is 19.2 Å². The number of nitrogens with one attached hydrogen (secondary N) is 1. The van der Waals surface area contributed by atoms with Crippen LogP contribution in [-0.4, -0.2) is 44.8 Å². The molecule has 11 nitrogen and oxygen atoms in total. The molecule has 1 N–H and O–H groups in total. The molecule has 0 atom stereocenters. The summed E-state index contributed by atoms with van der Waals surface area (Å²) in [6.45, 7) is 5.64. The van der Waals surface area contributed by atoms with Crippen LogP contribution in [0.5, 0.6) is 0 Å². The van der Waals surface area contributed by atoms with Gasteiger partial charge in [-0.15, -0.1) is 0 Å². The lowest BCUT2D eigenvalue weighted by Crippen LogP contribution is -2.48. The average molecular weight is 417 g/mol. The highest BCUT2D eigenvalue weighted by molar-refractivity contribution is 6.63. The summed E-state index contributed by atoms with van der Waals surface area (Å²) in [5.41, 5.74) is 2.74. The lowest BCUT2D eigenvalue weighted by molar-refractivity contribution is -0.300. The molecule has 160 valence electrons. The van der Waals surface area contributed by atoms with Gasteiger partial charge in [0.1, 0.15) is 6.61 Å². The van der Waals surface area contributed by atoms with E-state index in [1.807, 2.05) is 6.92 Å². The van der Waals surface area contributed by atoms with Crippen molar-refractivity contribution in [1.29, 1.82) is 0 Å². The van der Waals surface area contributed by atoms with Crippen LogP contribution < -0.4 is 5.43 Å². The molecule has 0 radical (unpaired) electrons. The number of ether oxygens (including phenoxy) is 2. The summed E-state index contributed by atoms with van der Waals surface area (Å²) in [6, 6.07) is 5.29. The monoisotopic (exact) mass is 417 g/mol. The SMILES string of the molecule is CCCC1(C)OC(=O)C(=NNc2c(COOCC)cnn2-c2ccccn2)C(=O)O1. The molecule has 30 heavy (non-hydrogen) atoms. The van der Waals surface area contributed by atoms with E-state index in [9.17, 15) is 9.59 Å². The van der Waals surface area contributed by atoms with Gasteiger partial charge in [-0.3, -0.25) is 5.43 Å². The Bertz CT molecular complexity index is 907. The number of anilines is 1. The maximum atomic E-state index is 12.3. The van der Waals surface area contributed by atoms with Crippen LogP contribution >= 0.6 is 0 Å². The first-order valence-corrected chi connectivity index (χ1v) is 9.50. The van der Waals surface area contributed by atoms with E-state index in [2.05, 4.69) is 20.6 Å². The summed E-state index contributed by atoms with van der Waals surface area (Å²) in [6.07, 6.45) is 4.20. The van der Waals surface area contributed by atoms with Crippen molar-refractivity contribution in [3.05, 3.63) is 36.2 Å². The van der Waals surface area contributed by atoms with Gasteiger partial charge in [0.25, 0.3) is 11.5 Å². The molecule has 3 heterocycles. The molecule has 1 aliphatic heterocycles. The number of hydrogen-bond donors (Lipinski definition) is 1. The van der Waals surface area contributed by atoms with Gasteiger partial charge in [-0.2, -0.15) is 14.9 Å². The van der Waals surface area contributed by atoms with Crippen molar-refractivity contribution >= 4 is 23.5 Å². The zero-order valence-corrected chi connectivity index (χ0v) is 17.0. The van der Waals surface area contributed by atoms with E-state index in [0.29, 0.717) is 36.6 Å². The normalized spacial score (nSPS) is 18.7. The van der Waals surface area contributed by atoms with Crippen molar-refractivity contribution < 1.29 is 28.8 Å². The number of carbonyl (C=O) groups excluding carboxylic acids is 2. The molecule has 0 unspecified atom stereocenters. The molecule has 0 aliphatic carbocycles. The Hall–Kier alpha value is -3.31. The number of cyclic esters (lactones) is 2.